The van der Waals surface area contributed by atoms with Crippen LogP contribution in [0.1, 0.15) is 48.3 Å². The molecule has 0 saturated heterocycles. The molecule has 0 bridgehead atoms. The molecule has 2 aromatic heterocycles. The smallest absolute Gasteiger partial charge is 0.422 e. The Morgan fingerprint density at radius 2 is 1.84 bits per heavy atom. The number of aromatic nitrogens is 4. The fourth-order valence-corrected chi connectivity index (χ4v) is 3.03. The van der Waals surface area contributed by atoms with Gasteiger partial charge in [-0.05, 0) is 29.2 Å². The number of ether oxygens (including phenoxy) is 1. The second kappa shape index (κ2) is 9.80. The summed E-state index contributed by atoms with van der Waals surface area (Å²) in [5.74, 6) is 0.116. The van der Waals surface area contributed by atoms with E-state index in [0.29, 0.717) is 17.3 Å². The number of carbonyl (C=O) groups is 1. The Morgan fingerprint density at radius 1 is 1.12 bits per heavy atom. The number of hydrogen-bond donors (Lipinski definition) is 1. The van der Waals surface area contributed by atoms with Crippen molar-refractivity contribution in [2.24, 2.45) is 7.05 Å². The van der Waals surface area contributed by atoms with Crippen LogP contribution in [0.15, 0.2) is 48.8 Å². The van der Waals surface area contributed by atoms with Crippen molar-refractivity contribution >= 4 is 5.91 Å². The molecule has 0 aliphatic carbocycles. The van der Waals surface area contributed by atoms with E-state index < -0.39 is 18.8 Å². The zero-order valence-corrected chi connectivity index (χ0v) is 17.9. The number of aryl methyl sites for hydroxylation is 1. The lowest BCUT2D eigenvalue weighted by Crippen LogP contribution is -2.31. The fourth-order valence-electron chi connectivity index (χ4n) is 3.03. The first-order valence-corrected chi connectivity index (χ1v) is 10.0. The van der Waals surface area contributed by atoms with E-state index in [9.17, 15) is 18.0 Å². The van der Waals surface area contributed by atoms with Gasteiger partial charge in [-0.2, -0.15) is 13.2 Å². The van der Waals surface area contributed by atoms with Crippen LogP contribution >= 0.6 is 0 Å². The molecule has 1 amide bonds. The van der Waals surface area contributed by atoms with Gasteiger partial charge in [0.1, 0.15) is 17.5 Å². The van der Waals surface area contributed by atoms with Crippen LogP contribution < -0.4 is 10.1 Å². The van der Waals surface area contributed by atoms with Gasteiger partial charge in [0.15, 0.2) is 6.61 Å². The molecular formula is C22H24F3N5O2. The molecule has 10 heteroatoms. The van der Waals surface area contributed by atoms with E-state index in [-0.39, 0.29) is 18.1 Å². The number of nitrogens with zero attached hydrogens (tertiary/aromatic N) is 4. The molecule has 1 N–H and O–H groups in total. The third-order valence-electron chi connectivity index (χ3n) is 4.69. The minimum absolute atomic E-state index is 0.0273. The van der Waals surface area contributed by atoms with Crippen LogP contribution in [0.25, 0.3) is 0 Å². The molecule has 3 rings (SSSR count). The van der Waals surface area contributed by atoms with Crippen molar-refractivity contribution in [2.45, 2.75) is 38.4 Å². The third kappa shape index (κ3) is 6.53. The summed E-state index contributed by atoms with van der Waals surface area (Å²) < 4.78 is 43.2. The van der Waals surface area contributed by atoms with Crippen LogP contribution in [0.4, 0.5) is 13.2 Å². The second-order valence-electron chi connectivity index (χ2n) is 7.71. The van der Waals surface area contributed by atoms with Gasteiger partial charge in [0, 0.05) is 7.05 Å². The predicted octanol–water partition coefficient (Wildman–Crippen LogP) is 3.72. The number of benzene rings is 1. The zero-order valence-electron chi connectivity index (χ0n) is 17.9. The predicted molar refractivity (Wildman–Crippen MR) is 111 cm³/mol. The van der Waals surface area contributed by atoms with Crippen molar-refractivity contribution < 1.29 is 22.7 Å². The summed E-state index contributed by atoms with van der Waals surface area (Å²) in [4.78, 5) is 16.9. The Morgan fingerprint density at radius 3 is 2.38 bits per heavy atom. The van der Waals surface area contributed by atoms with E-state index >= 15 is 0 Å². The lowest BCUT2D eigenvalue weighted by atomic mass is 10.0. The number of carbonyl (C=O) groups excluding carboxylic acids is 1. The Balaban J connectivity index is 1.74. The number of pyridine rings is 1. The highest BCUT2D eigenvalue weighted by Gasteiger charge is 2.28. The molecule has 0 aliphatic rings. The van der Waals surface area contributed by atoms with Gasteiger partial charge in [-0.25, -0.2) is 0 Å². The van der Waals surface area contributed by atoms with Gasteiger partial charge in [0.25, 0.3) is 0 Å². The highest BCUT2D eigenvalue weighted by molar-refractivity contribution is 5.79. The van der Waals surface area contributed by atoms with E-state index in [1.54, 1.807) is 13.2 Å². The van der Waals surface area contributed by atoms with Crippen molar-refractivity contribution in [3.05, 3.63) is 71.3 Å². The van der Waals surface area contributed by atoms with E-state index in [4.69, 9.17) is 4.74 Å². The van der Waals surface area contributed by atoms with Crippen molar-refractivity contribution in [3.63, 3.8) is 0 Å². The van der Waals surface area contributed by atoms with Crippen LogP contribution in [0.3, 0.4) is 0 Å². The number of hydrogen-bond acceptors (Lipinski definition) is 5. The molecule has 1 atom stereocenters. The Kier molecular flexibility index (Phi) is 7.12. The van der Waals surface area contributed by atoms with E-state index in [0.717, 1.165) is 5.56 Å². The first-order chi connectivity index (χ1) is 15.1. The molecule has 3 aromatic rings. The Hall–Kier alpha value is -3.43. The summed E-state index contributed by atoms with van der Waals surface area (Å²) in [5, 5.41) is 10.8. The number of halogens is 3. The quantitative estimate of drug-likeness (QED) is 0.569. The summed E-state index contributed by atoms with van der Waals surface area (Å²) in [6, 6.07) is 9.96. The zero-order chi connectivity index (χ0) is 23.3. The lowest BCUT2D eigenvalue weighted by molar-refractivity contribution is -0.153. The SMILES string of the molecule is CC(C)c1ccc(CC(=O)N[C@@H](c2ccc(OCC(F)(F)F)cn2)c2cn(C)nn2)cc1. The molecule has 0 aliphatic heterocycles. The van der Waals surface area contributed by atoms with Crippen LogP contribution in [-0.2, 0) is 18.3 Å². The molecular weight excluding hydrogens is 423 g/mol. The largest absolute Gasteiger partial charge is 0.483 e. The van der Waals surface area contributed by atoms with Crippen molar-refractivity contribution in [2.75, 3.05) is 6.61 Å². The van der Waals surface area contributed by atoms with E-state index in [1.807, 2.05) is 24.3 Å². The fraction of sp³-hybridized carbons (Fsp3) is 0.364. The van der Waals surface area contributed by atoms with Gasteiger partial charge in [-0.3, -0.25) is 14.5 Å². The lowest BCUT2D eigenvalue weighted by Gasteiger charge is -2.17. The molecule has 7 nitrogen and oxygen atoms in total. The van der Waals surface area contributed by atoms with Gasteiger partial charge < -0.3 is 10.1 Å². The molecule has 0 radical (unpaired) electrons. The average molecular weight is 447 g/mol. The summed E-state index contributed by atoms with van der Waals surface area (Å²) in [6.45, 7) is 2.78. The van der Waals surface area contributed by atoms with Crippen molar-refractivity contribution in [1.29, 1.82) is 0 Å². The topological polar surface area (TPSA) is 81.9 Å². The number of alkyl halides is 3. The minimum atomic E-state index is -4.44. The van der Waals surface area contributed by atoms with Crippen LogP contribution in [0, 0.1) is 0 Å². The second-order valence-corrected chi connectivity index (χ2v) is 7.71. The number of nitrogens with one attached hydrogen (secondary N) is 1. The first kappa shape index (κ1) is 23.2. The summed E-state index contributed by atoms with van der Waals surface area (Å²) in [7, 11) is 1.69. The molecule has 0 unspecified atom stereocenters. The van der Waals surface area contributed by atoms with E-state index in [2.05, 4.69) is 34.5 Å². The van der Waals surface area contributed by atoms with Crippen LogP contribution in [0.5, 0.6) is 5.75 Å². The summed E-state index contributed by atoms with van der Waals surface area (Å²) >= 11 is 0. The van der Waals surface area contributed by atoms with Gasteiger partial charge in [0.2, 0.25) is 5.91 Å². The maximum Gasteiger partial charge on any atom is 0.422 e. The molecule has 1 aromatic carbocycles. The van der Waals surface area contributed by atoms with Gasteiger partial charge in [-0.15, -0.1) is 5.10 Å². The molecule has 0 spiro atoms. The Bertz CT molecular complexity index is 1030. The highest BCUT2D eigenvalue weighted by Crippen LogP contribution is 2.22. The average Bonchev–Trinajstić information content (AvgIpc) is 3.17. The van der Waals surface area contributed by atoms with Gasteiger partial charge in [-0.1, -0.05) is 43.3 Å². The number of rotatable bonds is 8. The molecule has 32 heavy (non-hydrogen) atoms. The molecule has 0 fully saturated rings. The van der Waals surface area contributed by atoms with E-state index in [1.165, 1.54) is 28.6 Å². The molecule has 2 heterocycles. The highest BCUT2D eigenvalue weighted by atomic mass is 19.4. The summed E-state index contributed by atoms with van der Waals surface area (Å²) in [5.41, 5.74) is 2.89. The number of amides is 1. The van der Waals surface area contributed by atoms with Crippen LogP contribution in [0.2, 0.25) is 0 Å². The van der Waals surface area contributed by atoms with Crippen molar-refractivity contribution in [1.82, 2.24) is 25.3 Å². The molecule has 0 saturated carbocycles. The maximum absolute atomic E-state index is 12.7. The summed E-state index contributed by atoms with van der Waals surface area (Å²) in [6.07, 6.45) is -1.47. The maximum atomic E-state index is 12.7. The minimum Gasteiger partial charge on any atom is -0.483 e. The third-order valence-corrected chi connectivity index (χ3v) is 4.69. The normalized spacial score (nSPS) is 12.6. The van der Waals surface area contributed by atoms with Gasteiger partial charge in [0.05, 0.1) is 24.5 Å². The standard InChI is InChI=1S/C22H24F3N5O2/c1-14(2)16-6-4-15(5-7-16)10-20(31)27-21(19-12-30(3)29-28-19)18-9-8-17(11-26-18)32-13-22(23,24)25/h4-9,11-12,14,21H,10,13H2,1-3H3,(H,27,31)/t21-/m0/s1. The Labute approximate surface area is 183 Å². The molecule has 170 valence electrons. The van der Waals surface area contributed by atoms with Crippen LogP contribution in [-0.4, -0.2) is 38.7 Å². The first-order valence-electron chi connectivity index (χ1n) is 10.0. The van der Waals surface area contributed by atoms with Gasteiger partial charge >= 0.3 is 6.18 Å². The van der Waals surface area contributed by atoms with Crippen molar-refractivity contribution in [3.8, 4) is 5.75 Å². The monoisotopic (exact) mass is 447 g/mol.